The van der Waals surface area contributed by atoms with Crippen molar-refractivity contribution in [1.82, 2.24) is 5.32 Å². The second kappa shape index (κ2) is 55.2. The number of aliphatic hydroxyl groups is 2. The predicted molar refractivity (Wildman–Crippen MR) is 283 cm³/mol. The van der Waals surface area contributed by atoms with E-state index in [-0.39, 0.29) is 18.5 Å². The van der Waals surface area contributed by atoms with Crippen LogP contribution in [0.4, 0.5) is 0 Å². The minimum absolute atomic E-state index is 0.0175. The van der Waals surface area contributed by atoms with Crippen LogP contribution in [-0.2, 0) is 14.3 Å². The average Bonchev–Trinajstić information content (AvgIpc) is 3.31. The van der Waals surface area contributed by atoms with Crippen molar-refractivity contribution in [3.63, 3.8) is 0 Å². The normalized spacial score (nSPS) is 12.6. The SMILES string of the molecule is CCCCCCCCCCCCCCCCCCCCCCCC/C=C/C(O)C(CO)NC(=O)CCCCCCCCCCCCOC(=O)CCCCCCCCCCCCCCCC. The molecule has 0 radical (unpaired) electrons. The molecule has 386 valence electrons. The summed E-state index contributed by atoms with van der Waals surface area (Å²) in [7, 11) is 0. The van der Waals surface area contributed by atoms with E-state index in [4.69, 9.17) is 4.74 Å². The van der Waals surface area contributed by atoms with E-state index in [0.717, 1.165) is 57.8 Å². The number of allylic oxidation sites excluding steroid dienone is 1. The fourth-order valence-corrected chi connectivity index (χ4v) is 9.28. The van der Waals surface area contributed by atoms with E-state index in [1.807, 2.05) is 6.08 Å². The number of carbonyl (C=O) groups excluding carboxylic acids is 2. The maximum atomic E-state index is 12.5. The highest BCUT2D eigenvalue weighted by molar-refractivity contribution is 5.76. The molecule has 0 heterocycles. The van der Waals surface area contributed by atoms with Gasteiger partial charge in [0.05, 0.1) is 25.4 Å². The molecule has 0 aliphatic carbocycles. The predicted octanol–water partition coefficient (Wildman–Crippen LogP) is 18.1. The van der Waals surface area contributed by atoms with Crippen LogP contribution in [-0.4, -0.2) is 47.4 Å². The molecule has 0 saturated heterocycles. The van der Waals surface area contributed by atoms with Crippen molar-refractivity contribution in [3.8, 4) is 0 Å². The van der Waals surface area contributed by atoms with Crippen LogP contribution in [0.1, 0.15) is 328 Å². The molecule has 0 aromatic rings. The molecular formula is C59H115NO5. The van der Waals surface area contributed by atoms with Crippen molar-refractivity contribution in [2.75, 3.05) is 13.2 Å². The highest BCUT2D eigenvalue weighted by Crippen LogP contribution is 2.18. The molecule has 0 rings (SSSR count). The minimum Gasteiger partial charge on any atom is -0.466 e. The lowest BCUT2D eigenvalue weighted by molar-refractivity contribution is -0.143. The summed E-state index contributed by atoms with van der Waals surface area (Å²) in [6.07, 6.45) is 65.2. The molecule has 0 spiro atoms. The van der Waals surface area contributed by atoms with Crippen molar-refractivity contribution < 1.29 is 24.5 Å². The van der Waals surface area contributed by atoms with Crippen LogP contribution in [0.3, 0.4) is 0 Å². The summed E-state index contributed by atoms with van der Waals surface area (Å²) in [5, 5.41) is 23.2. The second-order valence-electron chi connectivity index (χ2n) is 20.3. The highest BCUT2D eigenvalue weighted by Gasteiger charge is 2.18. The third-order valence-corrected chi connectivity index (χ3v) is 13.8. The molecule has 0 aliphatic heterocycles. The monoisotopic (exact) mass is 918 g/mol. The van der Waals surface area contributed by atoms with E-state index in [9.17, 15) is 19.8 Å². The highest BCUT2D eigenvalue weighted by atomic mass is 16.5. The first-order valence-electron chi connectivity index (χ1n) is 29.5. The zero-order chi connectivity index (χ0) is 47.2. The summed E-state index contributed by atoms with van der Waals surface area (Å²) in [5.41, 5.74) is 0. The van der Waals surface area contributed by atoms with Gasteiger partial charge >= 0.3 is 5.97 Å². The molecule has 65 heavy (non-hydrogen) atoms. The number of unbranched alkanes of at least 4 members (excludes halogenated alkanes) is 44. The van der Waals surface area contributed by atoms with E-state index in [1.54, 1.807) is 6.08 Å². The van der Waals surface area contributed by atoms with Gasteiger partial charge in [0.2, 0.25) is 5.91 Å². The Kier molecular flexibility index (Phi) is 54.0. The summed E-state index contributed by atoms with van der Waals surface area (Å²) in [6.45, 7) is 4.88. The molecule has 2 unspecified atom stereocenters. The third kappa shape index (κ3) is 51.8. The van der Waals surface area contributed by atoms with Crippen LogP contribution in [0.5, 0.6) is 0 Å². The van der Waals surface area contributed by atoms with Gasteiger partial charge in [-0.15, -0.1) is 0 Å². The first-order valence-corrected chi connectivity index (χ1v) is 29.5. The van der Waals surface area contributed by atoms with Gasteiger partial charge < -0.3 is 20.3 Å². The molecule has 3 N–H and O–H groups in total. The van der Waals surface area contributed by atoms with Crippen molar-refractivity contribution in [2.24, 2.45) is 0 Å². The minimum atomic E-state index is -0.859. The Bertz CT molecular complexity index is 970. The first kappa shape index (κ1) is 63.6. The number of hydrogen-bond acceptors (Lipinski definition) is 5. The van der Waals surface area contributed by atoms with Gasteiger partial charge in [0.25, 0.3) is 0 Å². The summed E-state index contributed by atoms with van der Waals surface area (Å²) >= 11 is 0. The van der Waals surface area contributed by atoms with E-state index in [2.05, 4.69) is 19.2 Å². The molecule has 0 saturated carbocycles. The molecule has 1 amide bonds. The van der Waals surface area contributed by atoms with E-state index in [1.165, 1.54) is 244 Å². The lowest BCUT2D eigenvalue weighted by Gasteiger charge is -2.20. The average molecular weight is 919 g/mol. The summed E-state index contributed by atoms with van der Waals surface area (Å²) < 4.78 is 5.46. The smallest absolute Gasteiger partial charge is 0.305 e. The Morgan fingerprint density at radius 2 is 0.708 bits per heavy atom. The van der Waals surface area contributed by atoms with E-state index < -0.39 is 12.1 Å². The summed E-state index contributed by atoms with van der Waals surface area (Å²) in [6, 6.07) is -0.644. The van der Waals surface area contributed by atoms with E-state index >= 15 is 0 Å². The Labute approximate surface area is 406 Å². The Morgan fingerprint density at radius 3 is 1.05 bits per heavy atom. The second-order valence-corrected chi connectivity index (χ2v) is 20.3. The quantitative estimate of drug-likeness (QED) is 0.0321. The van der Waals surface area contributed by atoms with Crippen molar-refractivity contribution in [2.45, 2.75) is 341 Å². The maximum absolute atomic E-state index is 12.5. The van der Waals surface area contributed by atoms with Gasteiger partial charge in [-0.2, -0.15) is 0 Å². The zero-order valence-electron chi connectivity index (χ0n) is 44.0. The lowest BCUT2D eigenvalue weighted by atomic mass is 10.0. The molecule has 0 fully saturated rings. The van der Waals surface area contributed by atoms with Crippen LogP contribution in [0.15, 0.2) is 12.2 Å². The van der Waals surface area contributed by atoms with Crippen LogP contribution in [0, 0.1) is 0 Å². The fraction of sp³-hybridized carbons (Fsp3) is 0.932. The Balaban J connectivity index is 3.49. The number of carbonyl (C=O) groups is 2. The Morgan fingerprint density at radius 1 is 0.415 bits per heavy atom. The standard InChI is InChI=1S/C59H115NO5/c1-3-5-7-9-11-13-15-17-19-20-21-22-23-24-25-26-27-28-29-31-35-39-43-47-51-57(62)56(55-61)60-58(63)52-48-44-40-36-33-34-38-42-46-50-54-65-59(64)53-49-45-41-37-32-30-18-16-14-12-10-8-6-4-2/h47,51,56-57,61-62H,3-46,48-50,52-55H2,1-2H3,(H,60,63)/b51-47+. The van der Waals surface area contributed by atoms with Crippen LogP contribution in [0.25, 0.3) is 0 Å². The van der Waals surface area contributed by atoms with Crippen LogP contribution < -0.4 is 5.32 Å². The molecule has 0 bridgehead atoms. The summed E-state index contributed by atoms with van der Waals surface area (Å²) in [5.74, 6) is -0.104. The van der Waals surface area contributed by atoms with Gasteiger partial charge in [-0.1, -0.05) is 296 Å². The largest absolute Gasteiger partial charge is 0.466 e. The first-order chi connectivity index (χ1) is 32.0. The van der Waals surface area contributed by atoms with Gasteiger partial charge in [0.15, 0.2) is 0 Å². The van der Waals surface area contributed by atoms with Gasteiger partial charge in [0.1, 0.15) is 0 Å². The van der Waals surface area contributed by atoms with Crippen molar-refractivity contribution in [1.29, 1.82) is 0 Å². The number of hydrogen-bond donors (Lipinski definition) is 3. The Hall–Kier alpha value is -1.40. The number of ether oxygens (including phenoxy) is 1. The van der Waals surface area contributed by atoms with E-state index in [0.29, 0.717) is 19.4 Å². The number of amides is 1. The number of esters is 1. The van der Waals surface area contributed by atoms with Gasteiger partial charge in [0, 0.05) is 12.8 Å². The molecule has 2 atom stereocenters. The fourth-order valence-electron chi connectivity index (χ4n) is 9.28. The van der Waals surface area contributed by atoms with Gasteiger partial charge in [-0.25, -0.2) is 0 Å². The molecular weight excluding hydrogens is 803 g/mol. The number of rotatable bonds is 55. The van der Waals surface area contributed by atoms with Gasteiger partial charge in [-0.05, 0) is 32.1 Å². The van der Waals surface area contributed by atoms with Crippen LogP contribution in [0.2, 0.25) is 0 Å². The number of aliphatic hydroxyl groups excluding tert-OH is 2. The molecule has 0 aliphatic rings. The summed E-state index contributed by atoms with van der Waals surface area (Å²) in [4.78, 5) is 24.5. The number of nitrogens with one attached hydrogen (secondary N) is 1. The maximum Gasteiger partial charge on any atom is 0.305 e. The molecule has 0 aromatic heterocycles. The van der Waals surface area contributed by atoms with Crippen molar-refractivity contribution in [3.05, 3.63) is 12.2 Å². The van der Waals surface area contributed by atoms with Gasteiger partial charge in [-0.3, -0.25) is 9.59 Å². The van der Waals surface area contributed by atoms with Crippen LogP contribution >= 0.6 is 0 Å². The lowest BCUT2D eigenvalue weighted by Crippen LogP contribution is -2.45. The molecule has 6 heteroatoms. The zero-order valence-corrected chi connectivity index (χ0v) is 44.0. The molecule has 6 nitrogen and oxygen atoms in total. The molecule has 0 aromatic carbocycles. The van der Waals surface area contributed by atoms with Crippen molar-refractivity contribution >= 4 is 11.9 Å². The third-order valence-electron chi connectivity index (χ3n) is 13.8. The topological polar surface area (TPSA) is 95.9 Å².